The maximum Gasteiger partial charge on any atom is 0.407 e. The molecule has 6 N–H and O–H groups in total. The quantitative estimate of drug-likeness (QED) is 0.0823. The minimum Gasteiger partial charge on any atom is -0.441 e. The highest BCUT2D eigenvalue weighted by atomic mass is 32.2. The molecule has 0 bridgehead atoms. The molecule has 2 aliphatic heterocycles. The molecule has 3 unspecified atom stereocenters. The number of carbonyl (C=O) groups is 3. The second kappa shape index (κ2) is 18.6. The van der Waals surface area contributed by atoms with Gasteiger partial charge in [0.05, 0.1) is 51.7 Å². The van der Waals surface area contributed by atoms with Crippen molar-refractivity contribution in [2.45, 2.75) is 49.3 Å². The van der Waals surface area contributed by atoms with Crippen LogP contribution in [0, 0.1) is 0 Å². The second-order valence-corrected chi connectivity index (χ2v) is 11.8. The number of fused-ring (bicyclic) bond motifs is 2. The summed E-state index contributed by atoms with van der Waals surface area (Å²) >= 11 is 1.85. The number of carbonyl (C=O) groups excluding carboxylic acids is 3. The van der Waals surface area contributed by atoms with Gasteiger partial charge in [-0.15, -0.1) is 0 Å². The highest BCUT2D eigenvalue weighted by Crippen LogP contribution is 2.33. The van der Waals surface area contributed by atoms with Crippen LogP contribution in [-0.2, 0) is 35.2 Å². The monoisotopic (exact) mass is 633 g/mol. The molecule has 2 aromatic rings. The van der Waals surface area contributed by atoms with E-state index in [2.05, 4.69) is 26.1 Å². The van der Waals surface area contributed by atoms with Crippen molar-refractivity contribution in [3.05, 3.63) is 48.0 Å². The Hall–Kier alpha value is -3.14. The first kappa shape index (κ1) is 33.7. The summed E-state index contributed by atoms with van der Waals surface area (Å²) in [6.45, 7) is 2.54. The molecule has 44 heavy (non-hydrogen) atoms. The molecule has 0 spiro atoms. The lowest BCUT2D eigenvalue weighted by Gasteiger charge is -2.18. The fraction of sp³-hybridized carbons (Fsp3) is 0.567. The van der Waals surface area contributed by atoms with Crippen molar-refractivity contribution in [3.8, 4) is 0 Å². The molecule has 4 rings (SSSR count). The maximum absolute atomic E-state index is 12.2. The van der Waals surface area contributed by atoms with Crippen molar-refractivity contribution in [3.63, 3.8) is 0 Å². The Morgan fingerprint density at radius 2 is 1.73 bits per heavy atom. The molecule has 14 heteroatoms. The van der Waals surface area contributed by atoms with Gasteiger partial charge in [0.1, 0.15) is 6.61 Å². The van der Waals surface area contributed by atoms with Gasteiger partial charge in [-0.3, -0.25) is 4.79 Å². The number of hydrogen-bond acceptors (Lipinski definition) is 10. The molecule has 2 saturated heterocycles. The van der Waals surface area contributed by atoms with Crippen molar-refractivity contribution in [1.82, 2.24) is 21.3 Å². The first-order valence-electron chi connectivity index (χ1n) is 14.9. The molecule has 242 valence electrons. The predicted molar refractivity (Wildman–Crippen MR) is 166 cm³/mol. The molecule has 0 radical (unpaired) electrons. The number of benzene rings is 2. The van der Waals surface area contributed by atoms with Crippen molar-refractivity contribution in [2.24, 2.45) is 5.90 Å². The first-order valence-corrected chi connectivity index (χ1v) is 16.0. The van der Waals surface area contributed by atoms with Gasteiger partial charge >= 0.3 is 12.1 Å². The van der Waals surface area contributed by atoms with Gasteiger partial charge < -0.3 is 45.1 Å². The Labute approximate surface area is 261 Å². The summed E-state index contributed by atoms with van der Waals surface area (Å²) in [4.78, 5) is 40.4. The summed E-state index contributed by atoms with van der Waals surface area (Å²) in [6, 6.07) is 14.3. The van der Waals surface area contributed by atoms with Gasteiger partial charge in [0.2, 0.25) is 5.91 Å². The zero-order chi connectivity index (χ0) is 31.0. The van der Waals surface area contributed by atoms with Crippen LogP contribution >= 0.6 is 11.8 Å². The number of thioether (sulfide) groups is 1. The van der Waals surface area contributed by atoms with E-state index in [0.717, 1.165) is 34.9 Å². The Kier molecular flexibility index (Phi) is 14.3. The number of hydrogen-bond donors (Lipinski definition) is 5. The number of urea groups is 1. The van der Waals surface area contributed by atoms with Gasteiger partial charge in [0.25, 0.3) is 0 Å². The SMILES string of the molecule is NOC[C@H](COCc1cccc2ccccc12)OC(=O)NCCOCCOCCNC(=O)CCCC1SCC2NC(=O)NC21. The second-order valence-electron chi connectivity index (χ2n) is 10.5. The average Bonchev–Trinajstić information content (AvgIpc) is 3.57. The van der Waals surface area contributed by atoms with E-state index in [-0.39, 0.29) is 50.4 Å². The van der Waals surface area contributed by atoms with Crippen LogP contribution in [0.15, 0.2) is 42.5 Å². The first-order chi connectivity index (χ1) is 21.5. The Bertz CT molecular complexity index is 1200. The fourth-order valence-corrected chi connectivity index (χ4v) is 6.68. The van der Waals surface area contributed by atoms with Crippen LogP contribution in [0.2, 0.25) is 0 Å². The van der Waals surface area contributed by atoms with Gasteiger partial charge in [-0.1, -0.05) is 42.5 Å². The maximum atomic E-state index is 12.2. The number of nitrogens with two attached hydrogens (primary N) is 1. The lowest BCUT2D eigenvalue weighted by molar-refractivity contribution is -0.121. The van der Waals surface area contributed by atoms with Gasteiger partial charge in [0.15, 0.2) is 6.10 Å². The summed E-state index contributed by atoms with van der Waals surface area (Å²) in [6.07, 6.45) is 0.833. The fourth-order valence-electron chi connectivity index (χ4n) is 5.14. The van der Waals surface area contributed by atoms with E-state index in [0.29, 0.717) is 44.6 Å². The van der Waals surface area contributed by atoms with Crippen molar-refractivity contribution in [2.75, 3.05) is 58.5 Å². The summed E-state index contributed by atoms with van der Waals surface area (Å²) in [5.74, 6) is 6.11. The smallest absolute Gasteiger partial charge is 0.407 e. The Balaban J connectivity index is 0.955. The number of nitrogens with one attached hydrogen (secondary N) is 4. The molecule has 13 nitrogen and oxygen atoms in total. The topological polar surface area (TPSA) is 172 Å². The number of amides is 4. The largest absolute Gasteiger partial charge is 0.441 e. The summed E-state index contributed by atoms with van der Waals surface area (Å²) in [7, 11) is 0. The number of ether oxygens (including phenoxy) is 4. The van der Waals surface area contributed by atoms with E-state index in [1.807, 2.05) is 54.2 Å². The Morgan fingerprint density at radius 1 is 0.955 bits per heavy atom. The van der Waals surface area contributed by atoms with Crippen LogP contribution < -0.4 is 27.2 Å². The highest BCUT2D eigenvalue weighted by molar-refractivity contribution is 8.00. The zero-order valence-corrected chi connectivity index (χ0v) is 25.6. The van der Waals surface area contributed by atoms with Crippen LogP contribution in [-0.4, -0.2) is 100.0 Å². The van der Waals surface area contributed by atoms with E-state index < -0.39 is 12.2 Å². The highest BCUT2D eigenvalue weighted by Gasteiger charge is 2.42. The van der Waals surface area contributed by atoms with Crippen molar-refractivity contribution in [1.29, 1.82) is 0 Å². The van der Waals surface area contributed by atoms with E-state index in [4.69, 9.17) is 24.8 Å². The standard InChI is InChI=1S/C30H43N5O8S/c31-42-19-23(18-41-17-22-7-3-6-21-5-1-2-8-24(21)22)43-30(38)33-12-14-40-16-15-39-13-11-32-27(36)10-4-9-26-28-25(20-44-26)34-29(37)35-28/h1-3,5-8,23,25-26,28H,4,9-20,31H2,(H,32,36)(H,33,38)(H2,34,35,37)/t23-,25?,26?,28?/m0/s1. The predicted octanol–water partition coefficient (Wildman–Crippen LogP) is 1.83. The summed E-state index contributed by atoms with van der Waals surface area (Å²) < 4.78 is 22.1. The Morgan fingerprint density at radius 3 is 2.55 bits per heavy atom. The molecule has 2 fully saturated rings. The molecule has 2 heterocycles. The van der Waals surface area contributed by atoms with Crippen molar-refractivity contribution < 1.29 is 38.2 Å². The molecular formula is C30H43N5O8S. The molecule has 4 atom stereocenters. The molecule has 0 saturated carbocycles. The van der Waals surface area contributed by atoms with E-state index in [9.17, 15) is 14.4 Å². The van der Waals surface area contributed by atoms with Gasteiger partial charge in [-0.2, -0.15) is 11.8 Å². The summed E-state index contributed by atoms with van der Waals surface area (Å²) in [5.41, 5.74) is 1.04. The molecule has 0 aromatic heterocycles. The average molecular weight is 634 g/mol. The summed E-state index contributed by atoms with van der Waals surface area (Å²) in [5, 5.41) is 14.0. The normalized spacial score (nSPS) is 19.7. The minimum atomic E-state index is -0.669. The number of alkyl carbamates (subject to hydrolysis) is 1. The van der Waals surface area contributed by atoms with E-state index >= 15 is 0 Å². The van der Waals surface area contributed by atoms with E-state index in [1.165, 1.54) is 0 Å². The lowest BCUT2D eigenvalue weighted by atomic mass is 10.0. The molecule has 4 amide bonds. The third-order valence-corrected chi connectivity index (χ3v) is 8.79. The van der Waals surface area contributed by atoms with Crippen LogP contribution in [0.25, 0.3) is 10.8 Å². The molecule has 2 aliphatic rings. The van der Waals surface area contributed by atoms with Crippen LogP contribution in [0.3, 0.4) is 0 Å². The van der Waals surface area contributed by atoms with Crippen molar-refractivity contribution >= 4 is 40.6 Å². The van der Waals surface area contributed by atoms with Gasteiger partial charge in [0, 0.05) is 30.5 Å². The van der Waals surface area contributed by atoms with Gasteiger partial charge in [-0.25, -0.2) is 15.5 Å². The molecular weight excluding hydrogens is 590 g/mol. The lowest BCUT2D eigenvalue weighted by Crippen LogP contribution is -2.37. The van der Waals surface area contributed by atoms with E-state index in [1.54, 1.807) is 0 Å². The third-order valence-electron chi connectivity index (χ3n) is 7.28. The van der Waals surface area contributed by atoms with Crippen LogP contribution in [0.1, 0.15) is 24.8 Å². The third kappa shape index (κ3) is 11.1. The molecule has 0 aliphatic carbocycles. The number of rotatable bonds is 20. The van der Waals surface area contributed by atoms with Crippen LogP contribution in [0.5, 0.6) is 0 Å². The molecule has 2 aromatic carbocycles. The zero-order valence-electron chi connectivity index (χ0n) is 24.8. The van der Waals surface area contributed by atoms with Gasteiger partial charge in [-0.05, 0) is 29.2 Å². The minimum absolute atomic E-state index is 0.00349. The van der Waals surface area contributed by atoms with Crippen LogP contribution in [0.4, 0.5) is 9.59 Å².